The maximum atomic E-state index is 13.1. The molecular weight excluding hydrogens is 471 g/mol. The molecule has 0 aromatic heterocycles. The Hall–Kier alpha value is 0.0600. The van der Waals surface area contributed by atoms with Crippen molar-refractivity contribution in [2.24, 2.45) is 5.92 Å². The number of halogens is 1. The van der Waals surface area contributed by atoms with Gasteiger partial charge >= 0.3 is 7.82 Å². The third-order valence-electron chi connectivity index (χ3n) is 5.86. The first-order valence-electron chi connectivity index (χ1n) is 10.3. The molecule has 1 amide bonds. The van der Waals surface area contributed by atoms with E-state index in [1.807, 2.05) is 11.9 Å². The third-order valence-corrected chi connectivity index (χ3v) is 7.51. The van der Waals surface area contributed by atoms with Crippen molar-refractivity contribution in [3.05, 3.63) is 0 Å². The average molecular weight is 505 g/mol. The highest BCUT2D eigenvalue weighted by Gasteiger charge is 2.51. The topological polar surface area (TPSA) is 149 Å². The number of nitrogens with one attached hydrogen (secondary N) is 1. The lowest BCUT2D eigenvalue weighted by molar-refractivity contribution is -0.201. The van der Waals surface area contributed by atoms with Gasteiger partial charge in [0.1, 0.15) is 29.9 Å². The molecule has 5 N–H and O–H groups in total. The Kier molecular flexibility index (Phi) is 10.1. The number of phosphoric acid groups is 1. The molecule has 0 saturated carbocycles. The van der Waals surface area contributed by atoms with Crippen molar-refractivity contribution in [2.75, 3.05) is 19.8 Å². The summed E-state index contributed by atoms with van der Waals surface area (Å²) < 4.78 is 22.1. The van der Waals surface area contributed by atoms with Gasteiger partial charge in [0.15, 0.2) is 0 Å². The summed E-state index contributed by atoms with van der Waals surface area (Å²) in [5.41, 5.74) is -0.894. The lowest BCUT2D eigenvalue weighted by Gasteiger charge is -2.45. The van der Waals surface area contributed by atoms with Crippen molar-refractivity contribution in [3.8, 4) is 0 Å². The summed E-state index contributed by atoms with van der Waals surface area (Å²) in [4.78, 5) is 33.7. The second kappa shape index (κ2) is 11.5. The van der Waals surface area contributed by atoms with E-state index in [9.17, 15) is 29.4 Å². The van der Waals surface area contributed by atoms with Gasteiger partial charge < -0.3 is 30.1 Å². The molecule has 0 bridgehead atoms. The summed E-state index contributed by atoms with van der Waals surface area (Å²) in [7, 11) is -3.16. The van der Waals surface area contributed by atoms with E-state index in [2.05, 4.69) is 12.2 Å². The van der Waals surface area contributed by atoms with Crippen molar-refractivity contribution in [1.29, 1.82) is 0 Å². The molecule has 2 aliphatic rings. The van der Waals surface area contributed by atoms with Crippen LogP contribution in [-0.2, 0) is 18.6 Å². The first-order chi connectivity index (χ1) is 14.4. The molecule has 9 unspecified atom stereocenters. The quantitative estimate of drug-likeness (QED) is 0.222. The van der Waals surface area contributed by atoms with Crippen molar-refractivity contribution >= 4 is 37.1 Å². The van der Waals surface area contributed by atoms with E-state index in [0.29, 0.717) is 12.3 Å². The third kappa shape index (κ3) is 7.02. The fourth-order valence-electron chi connectivity index (χ4n) is 4.38. The van der Waals surface area contributed by atoms with Crippen LogP contribution in [0.5, 0.6) is 0 Å². The summed E-state index contributed by atoms with van der Waals surface area (Å²) in [6, 6.07) is -1.30. The van der Waals surface area contributed by atoms with Crippen molar-refractivity contribution in [2.45, 2.75) is 80.4 Å². The Labute approximate surface area is 192 Å². The Balaban J connectivity index is 2.25. The molecule has 0 aromatic rings. The van der Waals surface area contributed by atoms with E-state index < -0.39 is 49.1 Å². The first-order valence-corrected chi connectivity index (χ1v) is 13.6. The zero-order chi connectivity index (χ0) is 23.5. The predicted octanol–water partition coefficient (Wildman–Crippen LogP) is 0.507. The number of phosphoric ester groups is 1. The lowest BCUT2D eigenvalue weighted by atomic mass is 9.92. The highest BCUT2D eigenvalue weighted by atomic mass is 35.5. The number of likely N-dealkylation sites (tertiary alicyclic amines) is 1. The molecule has 2 aliphatic heterocycles. The van der Waals surface area contributed by atoms with Crippen LogP contribution >= 0.6 is 31.2 Å². The van der Waals surface area contributed by atoms with Crippen LogP contribution in [0.15, 0.2) is 0 Å². The van der Waals surface area contributed by atoms with Gasteiger partial charge in [-0.25, -0.2) is 4.57 Å². The van der Waals surface area contributed by atoms with Crippen LogP contribution in [-0.4, -0.2) is 98.0 Å². The molecule has 2 heterocycles. The number of carbonyl (C=O) groups is 1. The van der Waals surface area contributed by atoms with Crippen LogP contribution in [0.1, 0.15) is 33.1 Å². The second-order valence-electron chi connectivity index (χ2n) is 8.30. The molecular formula is C18H34ClN2O8PS. The number of ether oxygens (including phenoxy) is 1. The van der Waals surface area contributed by atoms with E-state index in [1.54, 1.807) is 13.2 Å². The summed E-state index contributed by atoms with van der Waals surface area (Å²) in [5.74, 6) is 0.130. The SMILES string of the molecule is CCCC1CC(C(=O)NC(C(C)Cl)C2OC(SC)C(O)C(O)C2OP(=O)(O)O)N(C)C1. The Morgan fingerprint density at radius 1 is 1.39 bits per heavy atom. The van der Waals surface area contributed by atoms with Crippen LogP contribution < -0.4 is 5.32 Å². The van der Waals surface area contributed by atoms with E-state index in [-0.39, 0.29) is 11.9 Å². The van der Waals surface area contributed by atoms with Gasteiger partial charge in [-0.2, -0.15) is 0 Å². The van der Waals surface area contributed by atoms with Crippen LogP contribution in [0.3, 0.4) is 0 Å². The normalized spacial score (nSPS) is 36.9. The predicted molar refractivity (Wildman–Crippen MR) is 118 cm³/mol. The van der Waals surface area contributed by atoms with Crippen LogP contribution in [0.2, 0.25) is 0 Å². The largest absolute Gasteiger partial charge is 0.470 e. The molecule has 0 aliphatic carbocycles. The van der Waals surface area contributed by atoms with Gasteiger partial charge in [-0.15, -0.1) is 23.4 Å². The van der Waals surface area contributed by atoms with Gasteiger partial charge in [0.2, 0.25) is 5.91 Å². The Morgan fingerprint density at radius 2 is 2.03 bits per heavy atom. The minimum atomic E-state index is -5.04. The van der Waals surface area contributed by atoms with Crippen LogP contribution in [0, 0.1) is 5.92 Å². The molecule has 13 heteroatoms. The van der Waals surface area contributed by atoms with E-state index in [4.69, 9.17) is 20.9 Å². The molecule has 2 fully saturated rings. The monoisotopic (exact) mass is 504 g/mol. The molecule has 10 nitrogen and oxygen atoms in total. The molecule has 0 radical (unpaired) electrons. The number of alkyl halides is 1. The first kappa shape index (κ1) is 27.3. The molecule has 182 valence electrons. The maximum Gasteiger partial charge on any atom is 0.470 e. The molecule has 0 aromatic carbocycles. The zero-order valence-corrected chi connectivity index (χ0v) is 20.6. The summed E-state index contributed by atoms with van der Waals surface area (Å²) in [5, 5.41) is 22.9. The fourth-order valence-corrected chi connectivity index (χ4v) is 5.82. The summed E-state index contributed by atoms with van der Waals surface area (Å²) in [6.07, 6.45) is -1.49. The average Bonchev–Trinajstić information content (AvgIpc) is 3.03. The number of rotatable bonds is 9. The number of aliphatic hydroxyl groups is 2. The highest BCUT2D eigenvalue weighted by Crippen LogP contribution is 2.43. The van der Waals surface area contributed by atoms with Gasteiger partial charge in [0, 0.05) is 6.54 Å². The van der Waals surface area contributed by atoms with Gasteiger partial charge in [-0.05, 0) is 39.0 Å². The fraction of sp³-hybridized carbons (Fsp3) is 0.944. The molecule has 31 heavy (non-hydrogen) atoms. The van der Waals surface area contributed by atoms with Crippen molar-refractivity contribution < 1.29 is 38.6 Å². The van der Waals surface area contributed by atoms with E-state index in [1.165, 1.54) is 0 Å². The highest BCUT2D eigenvalue weighted by molar-refractivity contribution is 7.99. The minimum Gasteiger partial charge on any atom is -0.387 e. The minimum absolute atomic E-state index is 0.279. The van der Waals surface area contributed by atoms with Gasteiger partial charge in [0.05, 0.1) is 17.5 Å². The molecule has 0 spiro atoms. The number of amides is 1. The van der Waals surface area contributed by atoms with Gasteiger partial charge in [0.25, 0.3) is 0 Å². The second-order valence-corrected chi connectivity index (χ2v) is 11.1. The number of carbonyl (C=O) groups excluding carboxylic acids is 1. The maximum absolute atomic E-state index is 13.1. The zero-order valence-electron chi connectivity index (χ0n) is 18.1. The number of aliphatic hydroxyl groups excluding tert-OH is 2. The Bertz CT molecular complexity index is 656. The number of hydrogen-bond acceptors (Lipinski definition) is 8. The van der Waals surface area contributed by atoms with Gasteiger partial charge in [-0.3, -0.25) is 14.2 Å². The van der Waals surface area contributed by atoms with Crippen LogP contribution in [0.25, 0.3) is 0 Å². The summed E-state index contributed by atoms with van der Waals surface area (Å²) in [6.45, 7) is 4.51. The molecule has 2 saturated heterocycles. The molecule has 2 rings (SSSR count). The van der Waals surface area contributed by atoms with Crippen LogP contribution in [0.4, 0.5) is 0 Å². The number of hydrogen-bond donors (Lipinski definition) is 5. The van der Waals surface area contributed by atoms with E-state index in [0.717, 1.165) is 31.1 Å². The lowest BCUT2D eigenvalue weighted by Crippen LogP contribution is -2.65. The molecule has 9 atom stereocenters. The van der Waals surface area contributed by atoms with Crippen molar-refractivity contribution in [3.63, 3.8) is 0 Å². The number of likely N-dealkylation sites (N-methyl/N-ethyl adjacent to an activating group) is 1. The van der Waals surface area contributed by atoms with E-state index >= 15 is 0 Å². The number of nitrogens with zero attached hydrogens (tertiary/aromatic N) is 1. The van der Waals surface area contributed by atoms with Crippen molar-refractivity contribution in [1.82, 2.24) is 10.2 Å². The summed E-state index contributed by atoms with van der Waals surface area (Å²) >= 11 is 7.46. The van der Waals surface area contributed by atoms with Gasteiger partial charge in [-0.1, -0.05) is 13.3 Å². The standard InChI is InChI=1S/C18H34ClN2O8PS/c1-5-6-10-7-11(21(3)8-10)17(24)20-12(9(2)19)15-16(29-30(25,26)27)13(22)14(23)18(28-15)31-4/h9-16,18,22-23H,5-8H2,1-4H3,(H,20,24)(H2,25,26,27). The number of thioether (sulfide) groups is 1. The smallest absolute Gasteiger partial charge is 0.387 e. The Morgan fingerprint density at radius 3 is 2.55 bits per heavy atom.